The predicted octanol–water partition coefficient (Wildman–Crippen LogP) is 6.28. The van der Waals surface area contributed by atoms with E-state index >= 15 is 0 Å². The summed E-state index contributed by atoms with van der Waals surface area (Å²) in [5.74, 6) is 0.608. The summed E-state index contributed by atoms with van der Waals surface area (Å²) >= 11 is 7.78. The number of nitrogens with one attached hydrogen (secondary N) is 1. The lowest BCUT2D eigenvalue weighted by Crippen LogP contribution is -1.97. The van der Waals surface area contributed by atoms with Crippen LogP contribution in [0, 0.1) is 24.0 Å². The number of hydrogen-bond acceptors (Lipinski definition) is 6. The second-order valence-electron chi connectivity index (χ2n) is 6.42. The monoisotopic (exact) mass is 410 g/mol. The Labute approximate surface area is 170 Å². The first-order valence-electron chi connectivity index (χ1n) is 8.45. The Kier molecular flexibility index (Phi) is 4.70. The molecule has 2 aromatic heterocycles. The highest BCUT2D eigenvalue weighted by atomic mass is 35.5. The van der Waals surface area contributed by atoms with Gasteiger partial charge in [0.15, 0.2) is 0 Å². The molecule has 0 unspecified atom stereocenters. The lowest BCUT2D eigenvalue weighted by atomic mass is 9.99. The van der Waals surface area contributed by atoms with Crippen LogP contribution in [-0.4, -0.2) is 14.9 Å². The van der Waals surface area contributed by atoms with E-state index in [1.165, 1.54) is 29.6 Å². The minimum absolute atomic E-state index is 0.0603. The lowest BCUT2D eigenvalue weighted by Gasteiger charge is -2.11. The van der Waals surface area contributed by atoms with Crippen molar-refractivity contribution in [3.63, 3.8) is 0 Å². The number of rotatable bonds is 4. The van der Waals surface area contributed by atoms with Gasteiger partial charge in [0.2, 0.25) is 0 Å². The van der Waals surface area contributed by atoms with Crippen molar-refractivity contribution in [3.05, 3.63) is 74.4 Å². The van der Waals surface area contributed by atoms with Crippen LogP contribution in [0.1, 0.15) is 11.1 Å². The summed E-state index contributed by atoms with van der Waals surface area (Å²) in [7, 11) is 0. The van der Waals surface area contributed by atoms with Crippen molar-refractivity contribution >= 4 is 50.3 Å². The smallest absolute Gasteiger partial charge is 0.271 e. The fraction of sp³-hybridized carbons (Fsp3) is 0.100. The topological polar surface area (TPSA) is 81.0 Å². The number of non-ortho nitro benzene ring substituents is 1. The van der Waals surface area contributed by atoms with Gasteiger partial charge in [-0.25, -0.2) is 9.97 Å². The highest BCUT2D eigenvalue weighted by molar-refractivity contribution is 7.17. The molecule has 2 aromatic carbocycles. The van der Waals surface area contributed by atoms with Gasteiger partial charge in [-0.1, -0.05) is 35.4 Å². The molecule has 4 aromatic rings. The summed E-state index contributed by atoms with van der Waals surface area (Å²) in [4.78, 5) is 20.1. The Hall–Kier alpha value is -3.03. The quantitative estimate of drug-likeness (QED) is 0.316. The Balaban J connectivity index is 1.82. The van der Waals surface area contributed by atoms with Gasteiger partial charge in [-0.2, -0.15) is 0 Å². The third kappa shape index (κ3) is 3.30. The molecule has 8 heteroatoms. The average Bonchev–Trinajstić information content (AvgIpc) is 3.08. The van der Waals surface area contributed by atoms with Crippen LogP contribution in [0.5, 0.6) is 0 Å². The van der Waals surface area contributed by atoms with Gasteiger partial charge < -0.3 is 5.32 Å². The van der Waals surface area contributed by atoms with E-state index in [-0.39, 0.29) is 10.7 Å². The third-order valence-corrected chi connectivity index (χ3v) is 5.66. The van der Waals surface area contributed by atoms with E-state index < -0.39 is 4.92 Å². The van der Waals surface area contributed by atoms with E-state index in [4.69, 9.17) is 11.6 Å². The molecular weight excluding hydrogens is 396 g/mol. The fourth-order valence-corrected chi connectivity index (χ4v) is 4.26. The van der Waals surface area contributed by atoms with Crippen LogP contribution in [0.2, 0.25) is 5.02 Å². The zero-order valence-corrected chi connectivity index (χ0v) is 16.6. The molecule has 6 nitrogen and oxygen atoms in total. The zero-order chi connectivity index (χ0) is 19.8. The number of fused-ring (bicyclic) bond motifs is 1. The van der Waals surface area contributed by atoms with Crippen molar-refractivity contribution in [1.82, 2.24) is 9.97 Å². The SMILES string of the molecule is Cc1ccc(-c2csc3ncnc(Nc4ccc([N+](=O)[O-])cc4Cl)c23)c(C)c1. The van der Waals surface area contributed by atoms with Crippen LogP contribution in [0.4, 0.5) is 17.2 Å². The summed E-state index contributed by atoms with van der Waals surface area (Å²) in [5.41, 5.74) is 5.01. The van der Waals surface area contributed by atoms with Crippen LogP contribution in [0.15, 0.2) is 48.1 Å². The van der Waals surface area contributed by atoms with E-state index in [1.54, 1.807) is 17.4 Å². The molecule has 2 heterocycles. The Bertz CT molecular complexity index is 1220. The van der Waals surface area contributed by atoms with Crippen molar-refractivity contribution in [2.75, 3.05) is 5.32 Å². The number of anilines is 2. The Morgan fingerprint density at radius 3 is 2.64 bits per heavy atom. The van der Waals surface area contributed by atoms with Gasteiger partial charge in [-0.3, -0.25) is 10.1 Å². The minimum Gasteiger partial charge on any atom is -0.338 e. The van der Waals surface area contributed by atoms with Crippen molar-refractivity contribution in [3.8, 4) is 11.1 Å². The Morgan fingerprint density at radius 2 is 1.93 bits per heavy atom. The van der Waals surface area contributed by atoms with E-state index in [0.29, 0.717) is 11.5 Å². The largest absolute Gasteiger partial charge is 0.338 e. The molecule has 0 fully saturated rings. The molecule has 0 saturated carbocycles. The first kappa shape index (κ1) is 18.3. The number of hydrogen-bond donors (Lipinski definition) is 1. The first-order valence-corrected chi connectivity index (χ1v) is 9.70. The number of nitro groups is 1. The van der Waals surface area contributed by atoms with Crippen LogP contribution in [0.25, 0.3) is 21.3 Å². The average molecular weight is 411 g/mol. The molecule has 140 valence electrons. The van der Waals surface area contributed by atoms with Crippen LogP contribution in [0.3, 0.4) is 0 Å². The lowest BCUT2D eigenvalue weighted by molar-refractivity contribution is -0.384. The molecule has 0 aliphatic rings. The number of nitro benzene ring substituents is 1. The number of benzene rings is 2. The maximum absolute atomic E-state index is 10.9. The Morgan fingerprint density at radius 1 is 1.11 bits per heavy atom. The molecule has 0 saturated heterocycles. The van der Waals surface area contributed by atoms with Gasteiger partial charge in [0.25, 0.3) is 5.69 Å². The summed E-state index contributed by atoms with van der Waals surface area (Å²) < 4.78 is 0. The first-order chi connectivity index (χ1) is 13.4. The second-order valence-corrected chi connectivity index (χ2v) is 7.68. The van der Waals surface area contributed by atoms with Gasteiger partial charge in [-0.15, -0.1) is 11.3 Å². The molecule has 0 radical (unpaired) electrons. The molecule has 4 rings (SSSR count). The van der Waals surface area contributed by atoms with Gasteiger partial charge in [0.05, 0.1) is 21.0 Å². The molecule has 0 aliphatic carbocycles. The van der Waals surface area contributed by atoms with Crippen molar-refractivity contribution < 1.29 is 4.92 Å². The molecule has 0 bridgehead atoms. The maximum Gasteiger partial charge on any atom is 0.271 e. The second kappa shape index (κ2) is 7.18. The number of halogens is 1. The number of nitrogens with zero attached hydrogens (tertiary/aromatic N) is 3. The molecule has 0 atom stereocenters. The number of aryl methyl sites for hydroxylation is 2. The summed E-state index contributed by atoms with van der Waals surface area (Å²) in [6.45, 7) is 4.14. The summed E-state index contributed by atoms with van der Waals surface area (Å²) in [5, 5.41) is 17.4. The standard InChI is InChI=1S/C20H15ClN4O2S/c1-11-3-5-14(12(2)7-11)15-9-28-20-18(15)19(22-10-23-20)24-17-6-4-13(25(26)27)8-16(17)21/h3-10H,1-2H3,(H,22,23,24). The van der Waals surface area contributed by atoms with Gasteiger partial charge >= 0.3 is 0 Å². The molecule has 0 aliphatic heterocycles. The van der Waals surface area contributed by atoms with Crippen LogP contribution >= 0.6 is 22.9 Å². The van der Waals surface area contributed by atoms with Crippen LogP contribution in [-0.2, 0) is 0 Å². The molecule has 0 spiro atoms. The predicted molar refractivity (Wildman–Crippen MR) is 114 cm³/mol. The van der Waals surface area contributed by atoms with Gasteiger partial charge in [0, 0.05) is 23.1 Å². The molecule has 0 amide bonds. The van der Waals surface area contributed by atoms with Gasteiger partial charge in [-0.05, 0) is 31.0 Å². The highest BCUT2D eigenvalue weighted by Crippen LogP contribution is 2.39. The minimum atomic E-state index is -0.476. The van der Waals surface area contributed by atoms with Gasteiger partial charge in [0.1, 0.15) is 17.0 Å². The fourth-order valence-electron chi connectivity index (χ4n) is 3.13. The van der Waals surface area contributed by atoms with Crippen molar-refractivity contribution in [2.45, 2.75) is 13.8 Å². The number of thiophene rings is 1. The van der Waals surface area contributed by atoms with Crippen molar-refractivity contribution in [1.29, 1.82) is 0 Å². The summed E-state index contributed by atoms with van der Waals surface area (Å²) in [6.07, 6.45) is 1.49. The van der Waals surface area contributed by atoms with E-state index in [1.807, 2.05) is 0 Å². The molecule has 1 N–H and O–H groups in total. The highest BCUT2D eigenvalue weighted by Gasteiger charge is 2.16. The molecular formula is C20H15ClN4O2S. The zero-order valence-electron chi connectivity index (χ0n) is 15.1. The van der Waals surface area contributed by atoms with E-state index in [2.05, 4.69) is 52.7 Å². The maximum atomic E-state index is 10.9. The number of aromatic nitrogens is 2. The third-order valence-electron chi connectivity index (χ3n) is 4.46. The molecule has 28 heavy (non-hydrogen) atoms. The normalized spacial score (nSPS) is 11.0. The van der Waals surface area contributed by atoms with E-state index in [0.717, 1.165) is 21.3 Å². The van der Waals surface area contributed by atoms with Crippen molar-refractivity contribution in [2.24, 2.45) is 0 Å². The van der Waals surface area contributed by atoms with E-state index in [9.17, 15) is 10.1 Å². The van der Waals surface area contributed by atoms with Crippen LogP contribution < -0.4 is 5.32 Å². The summed E-state index contributed by atoms with van der Waals surface area (Å²) in [6, 6.07) is 10.6.